The van der Waals surface area contributed by atoms with Crippen molar-refractivity contribution in [2.24, 2.45) is 5.92 Å². The van der Waals surface area contributed by atoms with Crippen LogP contribution in [0.1, 0.15) is 6.92 Å². The Morgan fingerprint density at radius 3 is 2.93 bits per heavy atom. The summed E-state index contributed by atoms with van der Waals surface area (Å²) in [5, 5.41) is 4.89. The van der Waals surface area contributed by atoms with Gasteiger partial charge in [0.25, 0.3) is 5.56 Å². The van der Waals surface area contributed by atoms with Crippen LogP contribution in [0.4, 0.5) is 0 Å². The van der Waals surface area contributed by atoms with E-state index in [4.69, 9.17) is 4.74 Å². The topological polar surface area (TPSA) is 44.1 Å². The van der Waals surface area contributed by atoms with Crippen molar-refractivity contribution >= 4 is 15.9 Å². The molecule has 0 amide bonds. The molecule has 0 aliphatic carbocycles. The number of ether oxygens (including phenoxy) is 1. The van der Waals surface area contributed by atoms with Crippen molar-refractivity contribution in [2.45, 2.75) is 13.5 Å². The van der Waals surface area contributed by atoms with Gasteiger partial charge in [-0.15, -0.1) is 5.10 Å². The molecule has 0 saturated carbocycles. The highest BCUT2D eigenvalue weighted by molar-refractivity contribution is 9.09. The van der Waals surface area contributed by atoms with E-state index in [1.54, 1.807) is 6.07 Å². The lowest BCUT2D eigenvalue weighted by Gasteiger charge is -2.09. The molecule has 14 heavy (non-hydrogen) atoms. The highest BCUT2D eigenvalue weighted by Gasteiger charge is 2.05. The van der Waals surface area contributed by atoms with Gasteiger partial charge < -0.3 is 4.74 Å². The number of hydrogen-bond donors (Lipinski definition) is 0. The molecule has 0 fully saturated rings. The molecular weight excluding hydrogens is 248 g/mol. The van der Waals surface area contributed by atoms with Crippen LogP contribution < -0.4 is 10.3 Å². The van der Waals surface area contributed by atoms with E-state index in [1.165, 1.54) is 17.9 Å². The van der Waals surface area contributed by atoms with E-state index in [1.807, 2.05) is 6.92 Å². The Labute approximate surface area is 91.0 Å². The van der Waals surface area contributed by atoms with Gasteiger partial charge in [0.1, 0.15) is 0 Å². The van der Waals surface area contributed by atoms with Crippen LogP contribution in [0, 0.1) is 5.92 Å². The Bertz CT molecular complexity index is 351. The van der Waals surface area contributed by atoms with Crippen molar-refractivity contribution in [2.75, 3.05) is 12.4 Å². The second kappa shape index (κ2) is 5.14. The lowest BCUT2D eigenvalue weighted by atomic mass is 10.2. The van der Waals surface area contributed by atoms with Gasteiger partial charge >= 0.3 is 0 Å². The Hall–Kier alpha value is -0.840. The van der Waals surface area contributed by atoms with Gasteiger partial charge in [-0.05, 0) is 5.92 Å². The largest absolute Gasteiger partial charge is 0.480 e. The third-order valence-corrected chi connectivity index (χ3v) is 2.90. The summed E-state index contributed by atoms with van der Waals surface area (Å²) in [4.78, 5) is 11.4. The minimum atomic E-state index is -0.0985. The summed E-state index contributed by atoms with van der Waals surface area (Å²) in [7, 11) is 1.53. The first-order valence-corrected chi connectivity index (χ1v) is 5.47. The fourth-order valence-corrected chi connectivity index (χ4v) is 1.22. The predicted octanol–water partition coefficient (Wildman–Crippen LogP) is 1.28. The molecule has 0 N–H and O–H groups in total. The zero-order chi connectivity index (χ0) is 10.6. The van der Waals surface area contributed by atoms with Crippen LogP contribution in [0.2, 0.25) is 0 Å². The normalized spacial score (nSPS) is 12.5. The van der Waals surface area contributed by atoms with E-state index < -0.39 is 0 Å². The molecule has 0 saturated heterocycles. The van der Waals surface area contributed by atoms with Crippen molar-refractivity contribution in [1.29, 1.82) is 0 Å². The molecule has 0 aliphatic rings. The maximum Gasteiger partial charge on any atom is 0.266 e. The zero-order valence-corrected chi connectivity index (χ0v) is 9.82. The van der Waals surface area contributed by atoms with Crippen LogP contribution in [0.5, 0.6) is 5.88 Å². The van der Waals surface area contributed by atoms with Gasteiger partial charge in [0.15, 0.2) is 0 Å². The van der Waals surface area contributed by atoms with Crippen LogP contribution in [0.15, 0.2) is 16.9 Å². The molecule has 0 radical (unpaired) electrons. The van der Waals surface area contributed by atoms with E-state index in [0.717, 1.165) is 5.33 Å². The third-order valence-electron chi connectivity index (χ3n) is 1.80. The molecule has 1 unspecified atom stereocenters. The quantitative estimate of drug-likeness (QED) is 0.767. The molecular formula is C9H13BrN2O2. The number of halogens is 1. The lowest BCUT2D eigenvalue weighted by Crippen LogP contribution is -2.25. The average molecular weight is 261 g/mol. The molecule has 1 aromatic rings. The molecule has 0 spiro atoms. The van der Waals surface area contributed by atoms with Gasteiger partial charge in [-0.3, -0.25) is 4.79 Å². The van der Waals surface area contributed by atoms with Crippen molar-refractivity contribution in [1.82, 2.24) is 9.78 Å². The molecule has 5 heteroatoms. The molecule has 1 rings (SSSR count). The Balaban J connectivity index is 2.89. The second-order valence-corrected chi connectivity index (χ2v) is 3.80. The molecule has 0 aliphatic heterocycles. The van der Waals surface area contributed by atoms with Crippen molar-refractivity contribution in [3.05, 3.63) is 22.5 Å². The highest BCUT2D eigenvalue weighted by atomic mass is 79.9. The number of methoxy groups -OCH3 is 1. The number of aromatic nitrogens is 2. The lowest BCUT2D eigenvalue weighted by molar-refractivity contribution is 0.365. The van der Waals surface area contributed by atoms with Crippen LogP contribution in [-0.2, 0) is 6.54 Å². The van der Waals surface area contributed by atoms with Gasteiger partial charge in [0.2, 0.25) is 5.88 Å². The summed E-state index contributed by atoms with van der Waals surface area (Å²) in [6.07, 6.45) is 0. The van der Waals surface area contributed by atoms with Crippen LogP contribution >= 0.6 is 15.9 Å². The van der Waals surface area contributed by atoms with Crippen molar-refractivity contribution in [3.8, 4) is 5.88 Å². The molecule has 1 heterocycles. The van der Waals surface area contributed by atoms with E-state index in [2.05, 4.69) is 21.0 Å². The summed E-state index contributed by atoms with van der Waals surface area (Å²) in [6.45, 7) is 2.64. The molecule has 0 aromatic carbocycles. The van der Waals surface area contributed by atoms with Crippen molar-refractivity contribution < 1.29 is 4.74 Å². The van der Waals surface area contributed by atoms with Gasteiger partial charge in [0.05, 0.1) is 7.11 Å². The number of nitrogens with zero attached hydrogens (tertiary/aromatic N) is 2. The monoisotopic (exact) mass is 260 g/mol. The van der Waals surface area contributed by atoms with E-state index >= 15 is 0 Å². The highest BCUT2D eigenvalue weighted by Crippen LogP contribution is 2.04. The Morgan fingerprint density at radius 2 is 2.36 bits per heavy atom. The van der Waals surface area contributed by atoms with Gasteiger partial charge in [0, 0.05) is 24.0 Å². The summed E-state index contributed by atoms with van der Waals surface area (Å²) in [5.41, 5.74) is -0.0985. The maximum atomic E-state index is 11.4. The minimum absolute atomic E-state index is 0.0985. The zero-order valence-electron chi connectivity index (χ0n) is 8.24. The fourth-order valence-electron chi connectivity index (χ4n) is 1.01. The van der Waals surface area contributed by atoms with E-state index in [9.17, 15) is 4.79 Å². The Morgan fingerprint density at radius 1 is 1.64 bits per heavy atom. The van der Waals surface area contributed by atoms with Crippen LogP contribution in [0.3, 0.4) is 0 Å². The van der Waals surface area contributed by atoms with Gasteiger partial charge in [-0.1, -0.05) is 22.9 Å². The summed E-state index contributed by atoms with van der Waals surface area (Å²) in [6, 6.07) is 3.03. The number of alkyl halides is 1. The van der Waals surface area contributed by atoms with E-state index in [-0.39, 0.29) is 5.56 Å². The average Bonchev–Trinajstić information content (AvgIpc) is 2.21. The fraction of sp³-hybridized carbons (Fsp3) is 0.556. The Kier molecular flexibility index (Phi) is 4.13. The molecule has 1 aromatic heterocycles. The van der Waals surface area contributed by atoms with Gasteiger partial charge in [-0.25, -0.2) is 4.68 Å². The summed E-state index contributed by atoms with van der Waals surface area (Å²) in [5.74, 6) is 0.832. The first-order valence-electron chi connectivity index (χ1n) is 4.35. The summed E-state index contributed by atoms with van der Waals surface area (Å²) >= 11 is 3.36. The van der Waals surface area contributed by atoms with Crippen LogP contribution in [0.25, 0.3) is 0 Å². The van der Waals surface area contributed by atoms with E-state index in [0.29, 0.717) is 18.3 Å². The molecule has 78 valence electrons. The SMILES string of the molecule is COc1ccc(=O)n(CC(C)CBr)n1. The summed E-state index contributed by atoms with van der Waals surface area (Å²) < 4.78 is 6.36. The standard InChI is InChI=1S/C9H13BrN2O2/c1-7(5-10)6-12-9(13)4-3-8(11-12)14-2/h3-4,7H,5-6H2,1-2H3. The number of hydrogen-bond acceptors (Lipinski definition) is 3. The minimum Gasteiger partial charge on any atom is -0.480 e. The van der Waals surface area contributed by atoms with Gasteiger partial charge in [-0.2, -0.15) is 0 Å². The third kappa shape index (κ3) is 2.83. The van der Waals surface area contributed by atoms with Crippen molar-refractivity contribution in [3.63, 3.8) is 0 Å². The first-order chi connectivity index (χ1) is 6.67. The maximum absolute atomic E-state index is 11.4. The van der Waals surface area contributed by atoms with Crippen LogP contribution in [-0.4, -0.2) is 22.2 Å². The molecule has 4 nitrogen and oxygen atoms in total. The molecule has 0 bridgehead atoms. The number of rotatable bonds is 4. The second-order valence-electron chi connectivity index (χ2n) is 3.16. The molecule has 1 atom stereocenters. The predicted molar refractivity (Wildman–Crippen MR) is 58.0 cm³/mol. The first kappa shape index (κ1) is 11.2. The smallest absolute Gasteiger partial charge is 0.266 e.